The van der Waals surface area contributed by atoms with Gasteiger partial charge < -0.3 is 5.11 Å². The summed E-state index contributed by atoms with van der Waals surface area (Å²) in [5, 5.41) is 8.56. The summed E-state index contributed by atoms with van der Waals surface area (Å²) in [6.45, 7) is 1.75. The highest BCUT2D eigenvalue weighted by atomic mass is 32.2. The second-order valence-electron chi connectivity index (χ2n) is 4.59. The predicted molar refractivity (Wildman–Crippen MR) is 71.2 cm³/mol. The van der Waals surface area contributed by atoms with Gasteiger partial charge in [-0.25, -0.2) is 17.9 Å². The molecule has 1 saturated carbocycles. The van der Waals surface area contributed by atoms with Crippen molar-refractivity contribution in [1.82, 2.24) is 4.72 Å². The maximum Gasteiger partial charge on any atom is 0.328 e. The summed E-state index contributed by atoms with van der Waals surface area (Å²) in [6, 6.07) is 4.71. The van der Waals surface area contributed by atoms with Crippen molar-refractivity contribution < 1.29 is 18.3 Å². The van der Waals surface area contributed by atoms with Gasteiger partial charge in [0.25, 0.3) is 0 Å². The first kappa shape index (κ1) is 13.8. The molecular formula is C13H15NO4S. The van der Waals surface area contributed by atoms with Crippen LogP contribution in [0.4, 0.5) is 0 Å². The Bertz CT molecular complexity index is 630. The standard InChI is InChI=1S/C13H15NO4S/c1-9-8-12(19(17,18)14-11-4-5-11)6-2-10(9)3-7-13(15)16/h2-3,6-8,11,14H,4-5H2,1H3,(H,15,16). The van der Waals surface area contributed by atoms with Gasteiger partial charge in [0.1, 0.15) is 0 Å². The van der Waals surface area contributed by atoms with E-state index in [-0.39, 0.29) is 10.9 Å². The average Bonchev–Trinajstić information content (AvgIpc) is 3.10. The third-order valence-electron chi connectivity index (χ3n) is 2.86. The second kappa shape index (κ2) is 5.14. The summed E-state index contributed by atoms with van der Waals surface area (Å²) in [7, 11) is -3.46. The normalized spacial score (nSPS) is 15.8. The number of hydrogen-bond donors (Lipinski definition) is 2. The van der Waals surface area contributed by atoms with E-state index >= 15 is 0 Å². The first-order chi connectivity index (χ1) is 8.88. The molecule has 19 heavy (non-hydrogen) atoms. The lowest BCUT2D eigenvalue weighted by atomic mass is 10.1. The molecule has 2 rings (SSSR count). The van der Waals surface area contributed by atoms with E-state index in [2.05, 4.69) is 4.72 Å². The van der Waals surface area contributed by atoms with E-state index in [9.17, 15) is 13.2 Å². The Morgan fingerprint density at radius 1 is 1.42 bits per heavy atom. The molecule has 0 amide bonds. The van der Waals surface area contributed by atoms with Crippen LogP contribution in [0, 0.1) is 6.92 Å². The van der Waals surface area contributed by atoms with E-state index < -0.39 is 16.0 Å². The zero-order chi connectivity index (χ0) is 14.0. The van der Waals surface area contributed by atoms with E-state index in [0.29, 0.717) is 5.56 Å². The molecule has 0 heterocycles. The number of carboxylic acids is 1. The predicted octanol–water partition coefficient (Wildman–Crippen LogP) is 1.53. The van der Waals surface area contributed by atoms with E-state index in [1.54, 1.807) is 19.1 Å². The zero-order valence-corrected chi connectivity index (χ0v) is 11.3. The van der Waals surface area contributed by atoms with Gasteiger partial charge in [-0.3, -0.25) is 0 Å². The summed E-state index contributed by atoms with van der Waals surface area (Å²) in [5.41, 5.74) is 1.41. The molecule has 102 valence electrons. The third-order valence-corrected chi connectivity index (χ3v) is 4.37. The molecule has 0 bridgehead atoms. The fourth-order valence-corrected chi connectivity index (χ4v) is 3.04. The van der Waals surface area contributed by atoms with Gasteiger partial charge in [-0.05, 0) is 49.1 Å². The Balaban J connectivity index is 2.25. The van der Waals surface area contributed by atoms with Crippen molar-refractivity contribution in [2.24, 2.45) is 0 Å². The lowest BCUT2D eigenvalue weighted by Crippen LogP contribution is -2.25. The van der Waals surface area contributed by atoms with Crippen LogP contribution in [-0.2, 0) is 14.8 Å². The van der Waals surface area contributed by atoms with Gasteiger partial charge in [-0.1, -0.05) is 6.07 Å². The maximum atomic E-state index is 12.0. The molecule has 0 atom stereocenters. The summed E-state index contributed by atoms with van der Waals surface area (Å²) < 4.78 is 26.6. The molecule has 1 aromatic carbocycles. The van der Waals surface area contributed by atoms with Gasteiger partial charge >= 0.3 is 5.97 Å². The van der Waals surface area contributed by atoms with E-state index in [4.69, 9.17) is 5.11 Å². The smallest absolute Gasteiger partial charge is 0.328 e. The van der Waals surface area contributed by atoms with Crippen LogP contribution in [0.2, 0.25) is 0 Å². The molecule has 5 nitrogen and oxygen atoms in total. The zero-order valence-electron chi connectivity index (χ0n) is 10.5. The topological polar surface area (TPSA) is 83.5 Å². The molecule has 0 aromatic heterocycles. The van der Waals surface area contributed by atoms with Gasteiger partial charge in [0.15, 0.2) is 0 Å². The number of hydrogen-bond acceptors (Lipinski definition) is 3. The summed E-state index contributed by atoms with van der Waals surface area (Å²) in [5.74, 6) is -1.04. The Labute approximate surface area is 112 Å². The van der Waals surface area contributed by atoms with Crippen molar-refractivity contribution in [3.63, 3.8) is 0 Å². The Morgan fingerprint density at radius 3 is 2.63 bits per heavy atom. The molecule has 1 aliphatic carbocycles. The lowest BCUT2D eigenvalue weighted by Gasteiger charge is -2.07. The van der Waals surface area contributed by atoms with Gasteiger partial charge in [0.05, 0.1) is 4.90 Å². The van der Waals surface area contributed by atoms with Crippen molar-refractivity contribution in [2.75, 3.05) is 0 Å². The highest BCUT2D eigenvalue weighted by Gasteiger charge is 2.27. The van der Waals surface area contributed by atoms with Crippen LogP contribution in [0.15, 0.2) is 29.2 Å². The minimum atomic E-state index is -3.46. The second-order valence-corrected chi connectivity index (χ2v) is 6.30. The number of nitrogens with one attached hydrogen (secondary N) is 1. The van der Waals surface area contributed by atoms with Gasteiger partial charge in [-0.15, -0.1) is 0 Å². The van der Waals surface area contributed by atoms with Gasteiger partial charge in [0.2, 0.25) is 10.0 Å². The molecule has 1 aromatic rings. The first-order valence-electron chi connectivity index (χ1n) is 5.92. The number of rotatable bonds is 5. The van der Waals surface area contributed by atoms with Crippen molar-refractivity contribution >= 4 is 22.1 Å². The minimum absolute atomic E-state index is 0.0666. The van der Waals surface area contributed by atoms with Crippen LogP contribution in [-0.4, -0.2) is 25.5 Å². The van der Waals surface area contributed by atoms with Crippen LogP contribution in [0.3, 0.4) is 0 Å². The fraction of sp³-hybridized carbons (Fsp3) is 0.308. The van der Waals surface area contributed by atoms with Gasteiger partial charge in [-0.2, -0.15) is 0 Å². The molecule has 1 aliphatic rings. The Morgan fingerprint density at radius 2 is 2.11 bits per heavy atom. The number of aliphatic carboxylic acids is 1. The monoisotopic (exact) mass is 281 g/mol. The van der Waals surface area contributed by atoms with Crippen molar-refractivity contribution in [3.8, 4) is 0 Å². The number of sulfonamides is 1. The van der Waals surface area contributed by atoms with Crippen LogP contribution < -0.4 is 4.72 Å². The maximum absolute atomic E-state index is 12.0. The van der Waals surface area contributed by atoms with Crippen molar-refractivity contribution in [3.05, 3.63) is 35.4 Å². The minimum Gasteiger partial charge on any atom is -0.478 e. The third kappa shape index (κ3) is 3.65. The molecule has 0 aliphatic heterocycles. The summed E-state index contributed by atoms with van der Waals surface area (Å²) >= 11 is 0. The molecule has 1 fully saturated rings. The number of carboxylic acid groups (broad SMARTS) is 1. The Hall–Kier alpha value is -1.66. The summed E-state index contributed by atoms with van der Waals surface area (Å²) in [6.07, 6.45) is 4.25. The highest BCUT2D eigenvalue weighted by molar-refractivity contribution is 7.89. The van der Waals surface area contributed by atoms with E-state index in [1.165, 1.54) is 12.1 Å². The molecule has 0 unspecified atom stereocenters. The molecule has 2 N–H and O–H groups in total. The van der Waals surface area contributed by atoms with Crippen LogP contribution in [0.25, 0.3) is 6.08 Å². The van der Waals surface area contributed by atoms with Crippen LogP contribution in [0.5, 0.6) is 0 Å². The van der Waals surface area contributed by atoms with E-state index in [1.807, 2.05) is 0 Å². The molecular weight excluding hydrogens is 266 g/mol. The highest BCUT2D eigenvalue weighted by Crippen LogP contribution is 2.23. The summed E-state index contributed by atoms with van der Waals surface area (Å²) in [4.78, 5) is 10.7. The average molecular weight is 281 g/mol. The number of benzene rings is 1. The molecule has 0 saturated heterocycles. The van der Waals surface area contributed by atoms with Crippen molar-refractivity contribution in [2.45, 2.75) is 30.7 Å². The SMILES string of the molecule is Cc1cc(S(=O)(=O)NC2CC2)ccc1C=CC(=O)O. The lowest BCUT2D eigenvalue weighted by molar-refractivity contribution is -0.131. The van der Waals surface area contributed by atoms with Crippen LogP contribution >= 0.6 is 0 Å². The van der Waals surface area contributed by atoms with E-state index in [0.717, 1.165) is 24.5 Å². The first-order valence-corrected chi connectivity index (χ1v) is 7.41. The van der Waals surface area contributed by atoms with Crippen LogP contribution in [0.1, 0.15) is 24.0 Å². The Kier molecular flexibility index (Phi) is 3.73. The molecule has 6 heteroatoms. The molecule has 0 spiro atoms. The number of carbonyl (C=O) groups is 1. The van der Waals surface area contributed by atoms with Gasteiger partial charge in [0, 0.05) is 12.1 Å². The largest absolute Gasteiger partial charge is 0.478 e. The molecule has 0 radical (unpaired) electrons. The fourth-order valence-electron chi connectivity index (χ4n) is 1.65. The number of aryl methyl sites for hydroxylation is 1. The quantitative estimate of drug-likeness (QED) is 0.802. The van der Waals surface area contributed by atoms with Crippen molar-refractivity contribution in [1.29, 1.82) is 0 Å².